The lowest BCUT2D eigenvalue weighted by atomic mass is 9.84. The zero-order valence-corrected chi connectivity index (χ0v) is 9.87. The molecular formula is C12H21NO3. The molecule has 0 bridgehead atoms. The number of carboxylic acid groups (broad SMARTS) is 1. The lowest BCUT2D eigenvalue weighted by molar-refractivity contribution is -0.146. The summed E-state index contributed by atoms with van der Waals surface area (Å²) in [5.74, 6) is -1.32. The molecule has 0 aromatic rings. The first-order chi connectivity index (χ1) is 7.65. The molecule has 0 radical (unpaired) electrons. The molecule has 0 aromatic heterocycles. The van der Waals surface area contributed by atoms with Gasteiger partial charge >= 0.3 is 5.97 Å². The predicted octanol–water partition coefficient (Wildman–Crippen LogP) is 1.79. The molecule has 16 heavy (non-hydrogen) atoms. The van der Waals surface area contributed by atoms with Crippen LogP contribution in [0.2, 0.25) is 0 Å². The number of carbonyl (C=O) groups is 2. The Morgan fingerprint density at radius 1 is 1.25 bits per heavy atom. The summed E-state index contributed by atoms with van der Waals surface area (Å²) in [6.45, 7) is 0. The Balaban J connectivity index is 2.60. The van der Waals surface area contributed by atoms with E-state index in [1.54, 1.807) is 7.05 Å². The normalized spacial score (nSPS) is 19.8. The fourth-order valence-corrected chi connectivity index (χ4v) is 2.47. The molecule has 1 atom stereocenters. The SMILES string of the molecule is CNC(=O)CC(C(=O)O)C1CCCCCC1. The van der Waals surface area contributed by atoms with E-state index in [2.05, 4.69) is 5.32 Å². The molecule has 0 aromatic carbocycles. The summed E-state index contributed by atoms with van der Waals surface area (Å²) in [6.07, 6.45) is 6.62. The summed E-state index contributed by atoms with van der Waals surface area (Å²) in [5, 5.41) is 11.7. The highest BCUT2D eigenvalue weighted by atomic mass is 16.4. The molecule has 0 spiro atoms. The molecule has 1 unspecified atom stereocenters. The van der Waals surface area contributed by atoms with Crippen LogP contribution in [0.4, 0.5) is 0 Å². The Bertz CT molecular complexity index is 245. The zero-order valence-electron chi connectivity index (χ0n) is 9.87. The minimum Gasteiger partial charge on any atom is -0.481 e. The molecular weight excluding hydrogens is 206 g/mol. The monoisotopic (exact) mass is 227 g/mol. The number of hydrogen-bond acceptors (Lipinski definition) is 2. The molecule has 1 rings (SSSR count). The second kappa shape index (κ2) is 6.51. The van der Waals surface area contributed by atoms with Gasteiger partial charge in [-0.2, -0.15) is 0 Å². The molecule has 0 aliphatic heterocycles. The van der Waals surface area contributed by atoms with Crippen molar-refractivity contribution in [2.45, 2.75) is 44.9 Å². The van der Waals surface area contributed by atoms with Crippen molar-refractivity contribution in [3.63, 3.8) is 0 Å². The number of aliphatic carboxylic acids is 1. The molecule has 4 heteroatoms. The van der Waals surface area contributed by atoms with E-state index in [0.717, 1.165) is 25.7 Å². The topological polar surface area (TPSA) is 66.4 Å². The van der Waals surface area contributed by atoms with E-state index in [1.165, 1.54) is 12.8 Å². The number of amides is 1. The second-order valence-corrected chi connectivity index (χ2v) is 4.57. The highest BCUT2D eigenvalue weighted by molar-refractivity contribution is 5.82. The fraction of sp³-hybridized carbons (Fsp3) is 0.833. The summed E-state index contributed by atoms with van der Waals surface area (Å²) in [4.78, 5) is 22.5. The maximum atomic E-state index is 11.3. The summed E-state index contributed by atoms with van der Waals surface area (Å²) >= 11 is 0. The average Bonchev–Trinajstić information content (AvgIpc) is 2.53. The van der Waals surface area contributed by atoms with Gasteiger partial charge in [0.15, 0.2) is 0 Å². The average molecular weight is 227 g/mol. The molecule has 92 valence electrons. The molecule has 4 nitrogen and oxygen atoms in total. The minimum absolute atomic E-state index is 0.122. The molecule has 0 saturated heterocycles. The summed E-state index contributed by atoms with van der Waals surface area (Å²) in [6, 6.07) is 0. The van der Waals surface area contributed by atoms with Crippen molar-refractivity contribution in [3.05, 3.63) is 0 Å². The van der Waals surface area contributed by atoms with Gasteiger partial charge in [-0.15, -0.1) is 0 Å². The van der Waals surface area contributed by atoms with Gasteiger partial charge in [0.05, 0.1) is 5.92 Å². The quantitative estimate of drug-likeness (QED) is 0.720. The van der Waals surface area contributed by atoms with Gasteiger partial charge < -0.3 is 10.4 Å². The molecule has 2 N–H and O–H groups in total. The second-order valence-electron chi connectivity index (χ2n) is 4.57. The third kappa shape index (κ3) is 3.83. The van der Waals surface area contributed by atoms with Crippen molar-refractivity contribution in [2.75, 3.05) is 7.05 Å². The zero-order chi connectivity index (χ0) is 12.0. The highest BCUT2D eigenvalue weighted by Gasteiger charge is 2.30. The first-order valence-corrected chi connectivity index (χ1v) is 6.08. The van der Waals surface area contributed by atoms with E-state index in [4.69, 9.17) is 0 Å². The van der Waals surface area contributed by atoms with Gasteiger partial charge in [0, 0.05) is 13.5 Å². The van der Waals surface area contributed by atoms with Gasteiger partial charge in [-0.3, -0.25) is 9.59 Å². The lowest BCUT2D eigenvalue weighted by Gasteiger charge is -2.21. The molecule has 1 saturated carbocycles. The molecule has 1 aliphatic carbocycles. The van der Waals surface area contributed by atoms with E-state index >= 15 is 0 Å². The van der Waals surface area contributed by atoms with Crippen LogP contribution in [0.1, 0.15) is 44.9 Å². The smallest absolute Gasteiger partial charge is 0.307 e. The van der Waals surface area contributed by atoms with Crippen LogP contribution in [-0.4, -0.2) is 24.0 Å². The Kier molecular flexibility index (Phi) is 5.29. The standard InChI is InChI=1S/C12H21NO3/c1-13-11(14)8-10(12(15)16)9-6-4-2-3-5-7-9/h9-10H,2-8H2,1H3,(H,13,14)(H,15,16). The minimum atomic E-state index is -0.824. The fourth-order valence-electron chi connectivity index (χ4n) is 2.47. The summed E-state index contributed by atoms with van der Waals surface area (Å²) in [7, 11) is 1.55. The van der Waals surface area contributed by atoms with Gasteiger partial charge in [-0.05, 0) is 18.8 Å². The first-order valence-electron chi connectivity index (χ1n) is 6.08. The van der Waals surface area contributed by atoms with E-state index in [1.807, 2.05) is 0 Å². The molecule has 1 amide bonds. The van der Waals surface area contributed by atoms with Gasteiger partial charge in [-0.25, -0.2) is 0 Å². The van der Waals surface area contributed by atoms with Gasteiger partial charge in [0.2, 0.25) is 5.91 Å². The Morgan fingerprint density at radius 2 is 1.81 bits per heavy atom. The molecule has 1 aliphatic rings. The van der Waals surface area contributed by atoms with E-state index in [-0.39, 0.29) is 18.2 Å². The van der Waals surface area contributed by atoms with Crippen LogP contribution in [-0.2, 0) is 9.59 Å². The van der Waals surface area contributed by atoms with Crippen molar-refractivity contribution in [3.8, 4) is 0 Å². The van der Waals surface area contributed by atoms with E-state index in [9.17, 15) is 14.7 Å². The Hall–Kier alpha value is -1.06. The lowest BCUT2D eigenvalue weighted by Crippen LogP contribution is -2.30. The summed E-state index contributed by atoms with van der Waals surface area (Å²) < 4.78 is 0. The van der Waals surface area contributed by atoms with Gasteiger partial charge in [-0.1, -0.05) is 25.7 Å². The van der Waals surface area contributed by atoms with Crippen LogP contribution in [0.15, 0.2) is 0 Å². The molecule has 0 heterocycles. The van der Waals surface area contributed by atoms with Crippen LogP contribution >= 0.6 is 0 Å². The van der Waals surface area contributed by atoms with Crippen molar-refractivity contribution in [1.82, 2.24) is 5.32 Å². The Labute approximate surface area is 96.4 Å². The van der Waals surface area contributed by atoms with E-state index in [0.29, 0.717) is 0 Å². The van der Waals surface area contributed by atoms with Crippen LogP contribution in [0.5, 0.6) is 0 Å². The van der Waals surface area contributed by atoms with Crippen molar-refractivity contribution < 1.29 is 14.7 Å². The highest BCUT2D eigenvalue weighted by Crippen LogP contribution is 2.31. The van der Waals surface area contributed by atoms with E-state index < -0.39 is 11.9 Å². The predicted molar refractivity (Wildman–Crippen MR) is 61.0 cm³/mol. The number of carbonyl (C=O) groups excluding carboxylic acids is 1. The third-order valence-corrected chi connectivity index (χ3v) is 3.47. The first kappa shape index (κ1) is 13.0. The Morgan fingerprint density at radius 3 is 2.25 bits per heavy atom. The van der Waals surface area contributed by atoms with Crippen molar-refractivity contribution >= 4 is 11.9 Å². The maximum absolute atomic E-state index is 11.3. The van der Waals surface area contributed by atoms with Crippen LogP contribution < -0.4 is 5.32 Å². The van der Waals surface area contributed by atoms with Gasteiger partial charge in [0.1, 0.15) is 0 Å². The third-order valence-electron chi connectivity index (χ3n) is 3.47. The van der Waals surface area contributed by atoms with Crippen LogP contribution in [0.25, 0.3) is 0 Å². The number of hydrogen-bond donors (Lipinski definition) is 2. The van der Waals surface area contributed by atoms with Crippen molar-refractivity contribution in [2.24, 2.45) is 11.8 Å². The largest absolute Gasteiger partial charge is 0.481 e. The van der Waals surface area contributed by atoms with Gasteiger partial charge in [0.25, 0.3) is 0 Å². The number of nitrogens with one attached hydrogen (secondary N) is 1. The molecule has 1 fully saturated rings. The maximum Gasteiger partial charge on any atom is 0.307 e. The summed E-state index contributed by atoms with van der Waals surface area (Å²) in [5.41, 5.74) is 0. The number of carboxylic acids is 1. The number of rotatable bonds is 4. The van der Waals surface area contributed by atoms with Crippen molar-refractivity contribution in [1.29, 1.82) is 0 Å². The van der Waals surface area contributed by atoms with Crippen LogP contribution in [0.3, 0.4) is 0 Å². The van der Waals surface area contributed by atoms with Crippen LogP contribution in [0, 0.1) is 11.8 Å².